The molecule has 0 aliphatic carbocycles. The molecule has 8 nitrogen and oxygen atoms in total. The number of benzene rings is 3. The fraction of sp³-hybridized carbons (Fsp3) is 0.172. The summed E-state index contributed by atoms with van der Waals surface area (Å²) in [7, 11) is 0. The number of thiazole rings is 1. The SMILES string of the molecule is CC(C)(C)OC(=O)Nc1nc(/C(=N\OC(c2ccccc2)(c2ccccc2)c2ccccc2)C(=O)O)cs1.[KH]. The molecule has 10 heteroatoms. The van der Waals surface area contributed by atoms with Crippen LogP contribution in [-0.2, 0) is 20.0 Å². The molecule has 39 heavy (non-hydrogen) atoms. The number of carbonyl (C=O) groups excluding carboxylic acids is 1. The van der Waals surface area contributed by atoms with Crippen LogP contribution in [-0.4, -0.2) is 84.9 Å². The molecule has 1 aromatic heterocycles. The Labute approximate surface area is 273 Å². The second-order valence-corrected chi connectivity index (χ2v) is 10.1. The Morgan fingerprint density at radius 1 is 0.846 bits per heavy atom. The van der Waals surface area contributed by atoms with Crippen LogP contribution < -0.4 is 5.32 Å². The normalized spacial score (nSPS) is 11.7. The summed E-state index contributed by atoms with van der Waals surface area (Å²) in [5, 5.41) is 18.4. The van der Waals surface area contributed by atoms with E-state index in [1.54, 1.807) is 20.8 Å². The molecule has 1 amide bonds. The van der Waals surface area contributed by atoms with Gasteiger partial charge in [-0.1, -0.05) is 96.2 Å². The number of nitrogens with one attached hydrogen (secondary N) is 1. The van der Waals surface area contributed by atoms with Gasteiger partial charge < -0.3 is 14.7 Å². The van der Waals surface area contributed by atoms with Gasteiger partial charge in [-0.3, -0.25) is 5.32 Å². The number of amides is 1. The van der Waals surface area contributed by atoms with E-state index < -0.39 is 29.0 Å². The van der Waals surface area contributed by atoms with Gasteiger partial charge in [0.25, 0.3) is 0 Å². The Morgan fingerprint density at radius 2 is 1.31 bits per heavy atom. The molecule has 196 valence electrons. The van der Waals surface area contributed by atoms with Crippen LogP contribution in [0.2, 0.25) is 0 Å². The number of carboxylic acid groups (broad SMARTS) is 1. The summed E-state index contributed by atoms with van der Waals surface area (Å²) < 4.78 is 5.24. The van der Waals surface area contributed by atoms with Gasteiger partial charge in [-0.25, -0.2) is 14.6 Å². The van der Waals surface area contributed by atoms with Gasteiger partial charge in [-0.05, 0) is 20.8 Å². The Balaban J connectivity index is 0.00000420. The number of anilines is 1. The van der Waals surface area contributed by atoms with Gasteiger partial charge in [0.2, 0.25) is 11.3 Å². The number of rotatable bonds is 8. The van der Waals surface area contributed by atoms with Gasteiger partial charge in [0, 0.05) is 22.1 Å². The van der Waals surface area contributed by atoms with E-state index >= 15 is 0 Å². The average molecular weight is 570 g/mol. The summed E-state index contributed by atoms with van der Waals surface area (Å²) in [6.45, 7) is 5.22. The summed E-state index contributed by atoms with van der Waals surface area (Å²) in [5.74, 6) is -1.33. The molecule has 2 N–H and O–H groups in total. The molecule has 0 atom stereocenters. The average Bonchev–Trinajstić information content (AvgIpc) is 3.34. The number of hydrogen-bond donors (Lipinski definition) is 2. The monoisotopic (exact) mass is 569 g/mol. The van der Waals surface area contributed by atoms with Crippen molar-refractivity contribution in [3.8, 4) is 0 Å². The number of aliphatic carboxylic acids is 1. The number of oxime groups is 1. The maximum absolute atomic E-state index is 12.3. The van der Waals surface area contributed by atoms with Crippen LogP contribution in [0.5, 0.6) is 0 Å². The van der Waals surface area contributed by atoms with Crippen LogP contribution in [0.15, 0.2) is 102 Å². The Morgan fingerprint density at radius 3 is 1.72 bits per heavy atom. The molecule has 0 aliphatic rings. The van der Waals surface area contributed by atoms with Gasteiger partial charge in [-0.2, -0.15) is 0 Å². The first-order valence-corrected chi connectivity index (χ1v) is 12.7. The molecule has 0 fully saturated rings. The molecular weight excluding hydrogens is 542 g/mol. The molecule has 0 saturated heterocycles. The number of carboxylic acids is 1. The summed E-state index contributed by atoms with van der Waals surface area (Å²) in [5.41, 5.74) is -0.0361. The molecule has 0 bridgehead atoms. The molecule has 0 saturated carbocycles. The molecule has 0 unspecified atom stereocenters. The van der Waals surface area contributed by atoms with Crippen molar-refractivity contribution in [2.75, 3.05) is 5.32 Å². The van der Waals surface area contributed by atoms with E-state index in [9.17, 15) is 14.7 Å². The standard InChI is InChI=1S/C29H27N3O5S.K.H/c1-28(2,3)36-27(35)31-26-30-23(19-38-26)24(25(33)34)32-37-29(20-13-7-4-8-14-20,21-15-9-5-10-16-21)22-17-11-6-12-18-22;;/h4-19H,1-3H3,(H,33,34)(H,30,31,35);;/b32-24+;;. The van der Waals surface area contributed by atoms with E-state index in [4.69, 9.17) is 9.57 Å². The number of nitrogens with zero attached hydrogens (tertiary/aromatic N) is 2. The minimum atomic E-state index is -1.33. The number of aromatic nitrogens is 1. The summed E-state index contributed by atoms with van der Waals surface area (Å²) in [6, 6.07) is 28.4. The summed E-state index contributed by atoms with van der Waals surface area (Å²) in [6.07, 6.45) is -0.695. The first-order chi connectivity index (χ1) is 18.2. The van der Waals surface area contributed by atoms with E-state index in [0.29, 0.717) is 0 Å². The van der Waals surface area contributed by atoms with Crippen LogP contribution in [0.1, 0.15) is 43.2 Å². The number of ether oxygens (including phenoxy) is 1. The molecule has 3 aromatic carbocycles. The van der Waals surface area contributed by atoms with Crippen molar-refractivity contribution in [2.45, 2.75) is 32.0 Å². The first kappa shape index (κ1) is 30.7. The summed E-state index contributed by atoms with van der Waals surface area (Å²) in [4.78, 5) is 34.9. The molecule has 4 aromatic rings. The van der Waals surface area contributed by atoms with E-state index in [-0.39, 0.29) is 62.2 Å². The predicted octanol–water partition coefficient (Wildman–Crippen LogP) is 5.64. The van der Waals surface area contributed by atoms with Gasteiger partial charge in [0.1, 0.15) is 11.3 Å². The number of carbonyl (C=O) groups is 2. The van der Waals surface area contributed by atoms with Gasteiger partial charge in [0.15, 0.2) is 5.13 Å². The van der Waals surface area contributed by atoms with E-state index in [2.05, 4.69) is 15.5 Å². The second-order valence-electron chi connectivity index (χ2n) is 9.28. The van der Waals surface area contributed by atoms with Crippen molar-refractivity contribution in [3.63, 3.8) is 0 Å². The Kier molecular flexibility index (Phi) is 10.6. The molecular formula is C29H28KN3O5S. The van der Waals surface area contributed by atoms with Crippen molar-refractivity contribution in [1.82, 2.24) is 4.98 Å². The first-order valence-electron chi connectivity index (χ1n) is 11.8. The quantitative estimate of drug-likeness (QED) is 0.123. The number of hydrogen-bond acceptors (Lipinski definition) is 7. The molecule has 1 heterocycles. The molecule has 0 spiro atoms. The zero-order chi connectivity index (χ0) is 27.2. The molecule has 0 aliphatic heterocycles. The Hall–Kier alpha value is -2.86. The second kappa shape index (κ2) is 13.5. The summed E-state index contributed by atoms with van der Waals surface area (Å²) >= 11 is 1.05. The van der Waals surface area contributed by atoms with Gasteiger partial charge in [0.05, 0.1) is 0 Å². The van der Waals surface area contributed by atoms with E-state index in [1.165, 1.54) is 5.38 Å². The zero-order valence-corrected chi connectivity index (χ0v) is 21.9. The maximum atomic E-state index is 12.3. The predicted molar refractivity (Wildman–Crippen MR) is 154 cm³/mol. The van der Waals surface area contributed by atoms with Crippen LogP contribution in [0.25, 0.3) is 0 Å². The van der Waals surface area contributed by atoms with Crippen LogP contribution in [0.3, 0.4) is 0 Å². The third-order valence-electron chi connectivity index (χ3n) is 5.37. The third-order valence-corrected chi connectivity index (χ3v) is 6.13. The minimum absolute atomic E-state index is 0. The zero-order valence-electron chi connectivity index (χ0n) is 21.1. The van der Waals surface area contributed by atoms with Crippen molar-refractivity contribution in [1.29, 1.82) is 0 Å². The topological polar surface area (TPSA) is 110 Å². The Bertz CT molecular complexity index is 1320. The fourth-order valence-corrected chi connectivity index (χ4v) is 4.50. The van der Waals surface area contributed by atoms with Crippen LogP contribution >= 0.6 is 11.3 Å². The van der Waals surface area contributed by atoms with Gasteiger partial charge in [-0.15, -0.1) is 11.3 Å². The third kappa shape index (κ3) is 7.62. The van der Waals surface area contributed by atoms with E-state index in [0.717, 1.165) is 28.0 Å². The van der Waals surface area contributed by atoms with Crippen molar-refractivity contribution < 1.29 is 24.3 Å². The van der Waals surface area contributed by atoms with Crippen molar-refractivity contribution in [3.05, 3.63) is 119 Å². The van der Waals surface area contributed by atoms with Crippen molar-refractivity contribution >= 4 is 85.6 Å². The van der Waals surface area contributed by atoms with Crippen LogP contribution in [0, 0.1) is 0 Å². The molecule has 0 radical (unpaired) electrons. The fourth-order valence-electron chi connectivity index (χ4n) is 3.82. The molecule has 4 rings (SSSR count). The van der Waals surface area contributed by atoms with Gasteiger partial charge >= 0.3 is 63.4 Å². The van der Waals surface area contributed by atoms with Crippen molar-refractivity contribution in [2.24, 2.45) is 5.16 Å². The van der Waals surface area contributed by atoms with Crippen LogP contribution in [0.4, 0.5) is 9.93 Å². The van der Waals surface area contributed by atoms with E-state index in [1.807, 2.05) is 91.0 Å².